The first-order valence-corrected chi connectivity index (χ1v) is 12.8. The fourth-order valence-corrected chi connectivity index (χ4v) is 4.96. The number of ether oxygens (including phenoxy) is 1. The maximum Gasteiger partial charge on any atom is 0.425 e. The molecule has 37 heavy (non-hydrogen) atoms. The SMILES string of the molecule is Cc1ncc(CC(=O)NC2CCC(F)(CCN3CCc4ccc(O[C@H](C)C(F)(F)F)nc4CC3)CC2)o1. The van der Waals surface area contributed by atoms with Crippen LogP contribution in [0.15, 0.2) is 22.7 Å². The van der Waals surface area contributed by atoms with Gasteiger partial charge < -0.3 is 19.4 Å². The van der Waals surface area contributed by atoms with Gasteiger partial charge in [-0.05, 0) is 51.0 Å². The van der Waals surface area contributed by atoms with E-state index in [1.165, 1.54) is 6.07 Å². The Morgan fingerprint density at radius 2 is 2.00 bits per heavy atom. The third-order valence-electron chi connectivity index (χ3n) is 7.29. The van der Waals surface area contributed by atoms with E-state index in [0.717, 1.165) is 24.7 Å². The summed E-state index contributed by atoms with van der Waals surface area (Å²) in [6.07, 6.45) is -1.05. The second-order valence-corrected chi connectivity index (χ2v) is 10.2. The van der Waals surface area contributed by atoms with E-state index in [2.05, 4.69) is 20.2 Å². The highest BCUT2D eigenvalue weighted by Gasteiger charge is 2.38. The Morgan fingerprint density at radius 1 is 1.27 bits per heavy atom. The van der Waals surface area contributed by atoms with E-state index in [1.807, 2.05) is 0 Å². The van der Waals surface area contributed by atoms with Crippen LogP contribution in [0.3, 0.4) is 0 Å². The Kier molecular flexibility index (Phi) is 8.40. The van der Waals surface area contributed by atoms with E-state index >= 15 is 4.39 Å². The van der Waals surface area contributed by atoms with Crippen molar-refractivity contribution in [3.05, 3.63) is 41.2 Å². The average molecular weight is 527 g/mol. The number of hydrogen-bond acceptors (Lipinski definition) is 6. The monoisotopic (exact) mass is 526 g/mol. The first-order chi connectivity index (χ1) is 17.5. The summed E-state index contributed by atoms with van der Waals surface area (Å²) in [6.45, 7) is 4.68. The summed E-state index contributed by atoms with van der Waals surface area (Å²) in [4.78, 5) is 22.8. The quantitative estimate of drug-likeness (QED) is 0.510. The minimum Gasteiger partial charge on any atom is -0.465 e. The average Bonchev–Trinajstić information content (AvgIpc) is 3.13. The van der Waals surface area contributed by atoms with E-state index < -0.39 is 17.9 Å². The Bertz CT molecular complexity index is 1070. The number of alkyl halides is 4. The van der Waals surface area contributed by atoms with Gasteiger partial charge in [-0.1, -0.05) is 6.07 Å². The van der Waals surface area contributed by atoms with Crippen molar-refractivity contribution in [1.82, 2.24) is 20.2 Å². The highest BCUT2D eigenvalue weighted by molar-refractivity contribution is 5.78. The van der Waals surface area contributed by atoms with Crippen molar-refractivity contribution in [2.24, 2.45) is 0 Å². The number of halogens is 4. The van der Waals surface area contributed by atoms with Crippen LogP contribution in [-0.2, 0) is 24.1 Å². The lowest BCUT2D eigenvalue weighted by Gasteiger charge is -2.35. The second-order valence-electron chi connectivity index (χ2n) is 10.2. The fraction of sp³-hybridized carbons (Fsp3) is 0.654. The summed E-state index contributed by atoms with van der Waals surface area (Å²) >= 11 is 0. The molecule has 0 unspecified atom stereocenters. The maximum absolute atomic E-state index is 15.5. The number of rotatable bonds is 8. The van der Waals surface area contributed by atoms with Crippen LogP contribution in [0.5, 0.6) is 5.88 Å². The molecule has 0 saturated heterocycles. The van der Waals surface area contributed by atoms with Gasteiger partial charge in [0.1, 0.15) is 11.4 Å². The predicted molar refractivity (Wildman–Crippen MR) is 128 cm³/mol. The molecule has 0 aromatic carbocycles. The molecule has 1 amide bonds. The van der Waals surface area contributed by atoms with Crippen molar-refractivity contribution >= 4 is 5.91 Å². The first-order valence-electron chi connectivity index (χ1n) is 12.8. The Morgan fingerprint density at radius 3 is 2.68 bits per heavy atom. The molecule has 7 nitrogen and oxygen atoms in total. The lowest BCUT2D eigenvalue weighted by molar-refractivity contribution is -0.190. The van der Waals surface area contributed by atoms with Gasteiger partial charge in [0, 0.05) is 50.8 Å². The first kappa shape index (κ1) is 27.3. The van der Waals surface area contributed by atoms with Gasteiger partial charge in [-0.2, -0.15) is 13.2 Å². The molecule has 204 valence electrons. The van der Waals surface area contributed by atoms with E-state index in [4.69, 9.17) is 9.15 Å². The zero-order chi connectivity index (χ0) is 26.6. The molecule has 11 heteroatoms. The number of pyridine rings is 1. The molecule has 3 heterocycles. The van der Waals surface area contributed by atoms with Crippen LogP contribution in [0.4, 0.5) is 17.6 Å². The third-order valence-corrected chi connectivity index (χ3v) is 7.29. The molecule has 0 spiro atoms. The van der Waals surface area contributed by atoms with E-state index in [1.54, 1.807) is 19.2 Å². The number of fused-ring (bicyclic) bond motifs is 1. The zero-order valence-electron chi connectivity index (χ0n) is 21.2. The lowest BCUT2D eigenvalue weighted by Crippen LogP contribution is -2.43. The van der Waals surface area contributed by atoms with Gasteiger partial charge in [0.2, 0.25) is 11.8 Å². The van der Waals surface area contributed by atoms with E-state index in [9.17, 15) is 18.0 Å². The van der Waals surface area contributed by atoms with Crippen molar-refractivity contribution in [2.45, 2.75) is 89.2 Å². The van der Waals surface area contributed by atoms with Gasteiger partial charge in [0.25, 0.3) is 0 Å². The number of nitrogens with zero attached hydrogens (tertiary/aromatic N) is 3. The van der Waals surface area contributed by atoms with Gasteiger partial charge in [0.15, 0.2) is 12.0 Å². The van der Waals surface area contributed by atoms with Crippen LogP contribution in [0.25, 0.3) is 0 Å². The summed E-state index contributed by atoms with van der Waals surface area (Å²) in [7, 11) is 0. The number of aryl methyl sites for hydroxylation is 1. The van der Waals surface area contributed by atoms with Crippen LogP contribution < -0.4 is 10.1 Å². The van der Waals surface area contributed by atoms with Crippen LogP contribution in [0.1, 0.15) is 61.9 Å². The van der Waals surface area contributed by atoms with Gasteiger partial charge in [0.05, 0.1) is 12.6 Å². The fourth-order valence-electron chi connectivity index (χ4n) is 4.96. The molecule has 2 aromatic rings. The number of oxazole rings is 1. The number of carbonyl (C=O) groups excluding carboxylic acids is 1. The molecule has 4 rings (SSSR count). The van der Waals surface area contributed by atoms with Crippen molar-refractivity contribution in [3.8, 4) is 5.88 Å². The number of carbonyl (C=O) groups is 1. The van der Waals surface area contributed by atoms with Crippen LogP contribution in [-0.4, -0.2) is 64.4 Å². The van der Waals surface area contributed by atoms with Gasteiger partial charge >= 0.3 is 6.18 Å². The van der Waals surface area contributed by atoms with Gasteiger partial charge in [-0.15, -0.1) is 0 Å². The molecular formula is C26H34F4N4O3. The molecule has 0 radical (unpaired) electrons. The largest absolute Gasteiger partial charge is 0.465 e. The van der Waals surface area contributed by atoms with E-state index in [-0.39, 0.29) is 24.2 Å². The molecular weight excluding hydrogens is 492 g/mol. The minimum atomic E-state index is -4.45. The topological polar surface area (TPSA) is 80.5 Å². The molecule has 1 fully saturated rings. The lowest BCUT2D eigenvalue weighted by atomic mass is 9.81. The van der Waals surface area contributed by atoms with Gasteiger partial charge in [-0.3, -0.25) is 4.79 Å². The smallest absolute Gasteiger partial charge is 0.425 e. The van der Waals surface area contributed by atoms with Gasteiger partial charge in [-0.25, -0.2) is 14.4 Å². The molecule has 1 aliphatic carbocycles. The van der Waals surface area contributed by atoms with E-state index in [0.29, 0.717) is 69.7 Å². The molecule has 0 bridgehead atoms. The Balaban J connectivity index is 1.21. The number of nitrogens with one attached hydrogen (secondary N) is 1. The van der Waals surface area contributed by atoms with Crippen molar-refractivity contribution < 1.29 is 31.5 Å². The predicted octanol–water partition coefficient (Wildman–Crippen LogP) is 4.51. The van der Waals surface area contributed by atoms with Crippen molar-refractivity contribution in [3.63, 3.8) is 0 Å². The second kappa shape index (κ2) is 11.4. The highest BCUT2D eigenvalue weighted by atomic mass is 19.4. The summed E-state index contributed by atoms with van der Waals surface area (Å²) in [5.41, 5.74) is 0.456. The number of hydrogen-bond donors (Lipinski definition) is 1. The summed E-state index contributed by atoms with van der Waals surface area (Å²) < 4.78 is 64.3. The standard InChI is InChI=1S/C26H34F4N4O3/c1-17(26(28,29)30)36-24-4-3-19-7-12-34(13-8-22(19)33-24)14-11-25(27)9-5-20(6-10-25)32-23(35)15-21-16-31-18(2)37-21/h3-4,16-17,20H,5-15H2,1-2H3,(H,32,35)/t17-,20?,25?/m1/s1. The Hall–Kier alpha value is -2.69. The third kappa shape index (κ3) is 7.66. The Labute approximate surface area is 214 Å². The minimum absolute atomic E-state index is 0.0282. The molecule has 1 saturated carbocycles. The molecule has 2 aromatic heterocycles. The summed E-state index contributed by atoms with van der Waals surface area (Å²) in [6, 6.07) is 3.22. The zero-order valence-corrected chi connectivity index (χ0v) is 21.2. The van der Waals surface area contributed by atoms with Crippen LogP contribution in [0.2, 0.25) is 0 Å². The van der Waals surface area contributed by atoms with Crippen LogP contribution in [0, 0.1) is 6.92 Å². The normalized spacial score (nSPS) is 23.7. The number of amides is 1. The summed E-state index contributed by atoms with van der Waals surface area (Å²) in [5.74, 6) is 0.854. The van der Waals surface area contributed by atoms with Crippen molar-refractivity contribution in [2.75, 3.05) is 19.6 Å². The van der Waals surface area contributed by atoms with Crippen LogP contribution >= 0.6 is 0 Å². The molecule has 1 aliphatic heterocycles. The highest BCUT2D eigenvalue weighted by Crippen LogP contribution is 2.35. The maximum atomic E-state index is 15.5. The molecule has 1 N–H and O–H groups in total. The van der Waals surface area contributed by atoms with Crippen molar-refractivity contribution in [1.29, 1.82) is 0 Å². The molecule has 2 aliphatic rings. The number of aromatic nitrogens is 2. The summed E-state index contributed by atoms with van der Waals surface area (Å²) in [5, 5.41) is 2.98. The molecule has 1 atom stereocenters.